The number of benzene rings is 1. The van der Waals surface area contributed by atoms with Gasteiger partial charge in [0.05, 0.1) is 145 Å². The van der Waals surface area contributed by atoms with Crippen LogP contribution in [0.1, 0.15) is 90.0 Å². The van der Waals surface area contributed by atoms with Gasteiger partial charge < -0.3 is 88.9 Å². The number of aromatic hydroxyl groups is 1. The van der Waals surface area contributed by atoms with Gasteiger partial charge in [-0.15, -0.1) is 0 Å². The molecule has 1 aromatic carbocycles. The fourth-order valence-corrected chi connectivity index (χ4v) is 6.61. The lowest BCUT2D eigenvalue weighted by atomic mass is 10.1. The fourth-order valence-electron chi connectivity index (χ4n) is 6.61. The number of nitrogens with one attached hydrogen (secondary N) is 4. The number of primary amides is 1. The molecule has 0 heterocycles. The van der Waals surface area contributed by atoms with Gasteiger partial charge in [-0.05, 0) is 75.5 Å². The molecule has 0 saturated carbocycles. The lowest BCUT2D eigenvalue weighted by Gasteiger charge is -2.22. The molecule has 1 aromatic rings. The van der Waals surface area contributed by atoms with Crippen molar-refractivity contribution >= 4 is 29.5 Å². The van der Waals surface area contributed by atoms with Gasteiger partial charge in [0.2, 0.25) is 29.5 Å². The van der Waals surface area contributed by atoms with Crippen LogP contribution in [0.3, 0.4) is 0 Å². The summed E-state index contributed by atoms with van der Waals surface area (Å²) in [5.74, 6) is -1.87. The Hall–Kier alpha value is -4.11. The predicted octanol–water partition coefficient (Wildman–Crippen LogP) is 2.15. The molecule has 0 aliphatic rings. The molecule has 0 bridgehead atoms. The van der Waals surface area contributed by atoms with Gasteiger partial charge in [0.1, 0.15) is 17.8 Å². The quantitative estimate of drug-likeness (QED) is 0.0510. The molecule has 0 radical (unpaired) electrons. The van der Waals surface area contributed by atoms with E-state index in [1.165, 1.54) is 0 Å². The highest BCUT2D eigenvalue weighted by molar-refractivity contribution is 5.91. The van der Waals surface area contributed by atoms with Gasteiger partial charge in [-0.25, -0.2) is 0 Å². The van der Waals surface area contributed by atoms with E-state index in [-0.39, 0.29) is 69.5 Å². The molecule has 1 unspecified atom stereocenters. The van der Waals surface area contributed by atoms with Crippen LogP contribution in [0.2, 0.25) is 0 Å². The molecule has 0 spiro atoms. The highest BCUT2D eigenvalue weighted by atomic mass is 16.6. The normalized spacial score (nSPS) is 12.1. The number of phenols is 1. The Bertz CT molecular complexity index is 1550. The molecule has 0 saturated heterocycles. The molecule has 1 rings (SSSR count). The van der Waals surface area contributed by atoms with E-state index in [0.29, 0.717) is 171 Å². The molecule has 23 nitrogen and oxygen atoms in total. The van der Waals surface area contributed by atoms with Crippen LogP contribution in [0.15, 0.2) is 24.3 Å². The van der Waals surface area contributed by atoms with Crippen molar-refractivity contribution in [2.75, 3.05) is 172 Å². The topological polar surface area (TPSA) is 290 Å². The minimum absolute atomic E-state index is 0.0212. The lowest BCUT2D eigenvalue weighted by Crippen LogP contribution is -2.53. The molecular formula is C53H95N5O18. The molecule has 76 heavy (non-hydrogen) atoms. The van der Waals surface area contributed by atoms with Crippen LogP contribution in [0.4, 0.5) is 0 Å². The Morgan fingerprint density at radius 3 is 1.12 bits per heavy atom. The van der Waals surface area contributed by atoms with Crippen molar-refractivity contribution in [3.05, 3.63) is 29.8 Å². The zero-order valence-corrected chi connectivity index (χ0v) is 45.8. The standard InChI is InChI=1S/C53H95N5O18/c1-3-21-65-25-29-69-33-37-73-41-43-75-39-35-71-31-27-67-23-17-50(61)56-20-8-6-10-48(53(64)58-47(52(54)63)9-5-7-19-55-49(60)16-13-45-11-14-46(59)15-12-45)57-51(62)18-24-68-28-32-72-36-40-76-44-42-74-38-34-70-30-26-66-22-4-2/h11-12,14-15,47-48,59H,3-10,13,16-44H2,1-2H3,(H2,54,63)(H,55,60)(H,56,61)(H,57,62)(H,58,64)/t47?,48-/m1/s1. The molecular weight excluding hydrogens is 995 g/mol. The van der Waals surface area contributed by atoms with E-state index in [0.717, 1.165) is 31.6 Å². The number of amides is 5. The van der Waals surface area contributed by atoms with Crippen LogP contribution in [0, 0.1) is 0 Å². The van der Waals surface area contributed by atoms with Crippen LogP contribution in [-0.4, -0.2) is 218 Å². The van der Waals surface area contributed by atoms with Gasteiger partial charge in [-0.1, -0.05) is 26.0 Å². The number of hydrogen-bond acceptors (Lipinski definition) is 18. The predicted molar refractivity (Wildman–Crippen MR) is 283 cm³/mol. The highest BCUT2D eigenvalue weighted by Crippen LogP contribution is 2.11. The van der Waals surface area contributed by atoms with Crippen molar-refractivity contribution in [3.63, 3.8) is 0 Å². The van der Waals surface area contributed by atoms with Crippen molar-refractivity contribution in [2.45, 2.75) is 103 Å². The second kappa shape index (κ2) is 52.9. The van der Waals surface area contributed by atoms with E-state index in [1.54, 1.807) is 24.3 Å². The third kappa shape index (κ3) is 46.0. The molecule has 0 aliphatic carbocycles. The Kier molecular flexibility index (Phi) is 48.7. The van der Waals surface area contributed by atoms with Gasteiger partial charge in [-0.2, -0.15) is 0 Å². The van der Waals surface area contributed by atoms with Gasteiger partial charge in [0, 0.05) is 45.6 Å². The Morgan fingerprint density at radius 1 is 0.421 bits per heavy atom. The largest absolute Gasteiger partial charge is 0.508 e. The maximum absolute atomic E-state index is 13.6. The van der Waals surface area contributed by atoms with Crippen molar-refractivity contribution < 1.29 is 85.9 Å². The Labute approximate surface area is 451 Å². The zero-order chi connectivity index (χ0) is 55.2. The fraction of sp³-hybridized carbons (Fsp3) is 0.792. The van der Waals surface area contributed by atoms with Crippen molar-refractivity contribution in [2.24, 2.45) is 5.73 Å². The third-order valence-electron chi connectivity index (χ3n) is 10.7. The number of carbonyl (C=O) groups excluding carboxylic acids is 5. The van der Waals surface area contributed by atoms with Crippen LogP contribution < -0.4 is 27.0 Å². The number of rotatable bonds is 57. The summed E-state index contributed by atoms with van der Waals surface area (Å²) in [6, 6.07) is 4.69. The summed E-state index contributed by atoms with van der Waals surface area (Å²) in [5.41, 5.74) is 6.61. The average Bonchev–Trinajstić information content (AvgIpc) is 3.41. The first-order valence-electron chi connectivity index (χ1n) is 27.3. The lowest BCUT2D eigenvalue weighted by molar-refractivity contribution is -0.132. The molecule has 0 fully saturated rings. The molecule has 0 aromatic heterocycles. The molecule has 7 N–H and O–H groups in total. The zero-order valence-electron chi connectivity index (χ0n) is 45.8. The molecule has 0 aliphatic heterocycles. The smallest absolute Gasteiger partial charge is 0.243 e. The second-order valence-electron chi connectivity index (χ2n) is 17.3. The monoisotopic (exact) mass is 1090 g/mol. The number of phenolic OH excluding ortho intramolecular Hbond substituents is 1. The van der Waals surface area contributed by atoms with Gasteiger partial charge >= 0.3 is 0 Å². The van der Waals surface area contributed by atoms with Crippen molar-refractivity contribution in [3.8, 4) is 5.75 Å². The maximum atomic E-state index is 13.6. The summed E-state index contributed by atoms with van der Waals surface area (Å²) in [6.07, 6.45) is 5.39. The van der Waals surface area contributed by atoms with Gasteiger partial charge in [0.25, 0.3) is 0 Å². The van der Waals surface area contributed by atoms with E-state index in [2.05, 4.69) is 35.1 Å². The number of nitrogens with two attached hydrogens (primary N) is 1. The summed E-state index contributed by atoms with van der Waals surface area (Å²) < 4.78 is 65.6. The molecule has 440 valence electrons. The SMILES string of the molecule is CCCOCCOCCOCCOCCOCCOCCC(=O)NCCCC[C@@H](NC(=O)CCOCCOCCOCCOCCOCCOCCC)C(=O)NC(CCCCNC(=O)CCc1ccc(O)cc1)C(N)=O. The van der Waals surface area contributed by atoms with E-state index in [1.807, 2.05) is 0 Å². The highest BCUT2D eigenvalue weighted by Gasteiger charge is 2.25. The Balaban J connectivity index is 2.37. The minimum Gasteiger partial charge on any atom is -0.508 e. The summed E-state index contributed by atoms with van der Waals surface area (Å²) in [4.78, 5) is 63.8. The van der Waals surface area contributed by atoms with Crippen LogP contribution in [-0.2, 0) is 87.2 Å². The molecule has 2 atom stereocenters. The minimum atomic E-state index is -0.999. The van der Waals surface area contributed by atoms with E-state index >= 15 is 0 Å². The van der Waals surface area contributed by atoms with E-state index in [9.17, 15) is 29.1 Å². The summed E-state index contributed by atoms with van der Waals surface area (Å²) in [6.45, 7) is 15.5. The second-order valence-corrected chi connectivity index (χ2v) is 17.3. The summed E-state index contributed by atoms with van der Waals surface area (Å²) >= 11 is 0. The number of carbonyl (C=O) groups is 5. The van der Waals surface area contributed by atoms with Crippen LogP contribution in [0.25, 0.3) is 0 Å². The first-order chi connectivity index (χ1) is 37.2. The van der Waals surface area contributed by atoms with Gasteiger partial charge in [0.15, 0.2) is 0 Å². The Morgan fingerprint density at radius 2 is 0.750 bits per heavy atom. The van der Waals surface area contributed by atoms with Gasteiger partial charge in [-0.3, -0.25) is 24.0 Å². The number of hydrogen-bond donors (Lipinski definition) is 6. The first kappa shape index (κ1) is 69.9. The maximum Gasteiger partial charge on any atom is 0.243 e. The average molecular weight is 1090 g/mol. The number of ether oxygens (including phenoxy) is 12. The van der Waals surface area contributed by atoms with E-state index in [4.69, 9.17) is 62.6 Å². The van der Waals surface area contributed by atoms with Crippen LogP contribution in [0.5, 0.6) is 5.75 Å². The number of aryl methyl sites for hydroxylation is 1. The van der Waals surface area contributed by atoms with Crippen molar-refractivity contribution in [1.29, 1.82) is 0 Å². The third-order valence-corrected chi connectivity index (χ3v) is 10.7. The molecule has 5 amide bonds. The van der Waals surface area contributed by atoms with E-state index < -0.39 is 29.8 Å². The van der Waals surface area contributed by atoms with Crippen molar-refractivity contribution in [1.82, 2.24) is 21.3 Å². The summed E-state index contributed by atoms with van der Waals surface area (Å²) in [7, 11) is 0. The first-order valence-corrected chi connectivity index (χ1v) is 27.3. The number of unbranched alkanes of at least 4 members (excludes halogenated alkanes) is 2. The summed E-state index contributed by atoms with van der Waals surface area (Å²) in [5, 5.41) is 20.6. The molecule has 23 heteroatoms. The van der Waals surface area contributed by atoms with Crippen LogP contribution >= 0.6 is 0 Å².